The van der Waals surface area contributed by atoms with Crippen LogP contribution in [0.3, 0.4) is 0 Å². The van der Waals surface area contributed by atoms with E-state index in [1.165, 1.54) is 0 Å². The minimum Gasteiger partial charge on any atom is -0.494 e. The van der Waals surface area contributed by atoms with Crippen molar-refractivity contribution in [1.29, 1.82) is 0 Å². The van der Waals surface area contributed by atoms with Crippen LogP contribution >= 0.6 is 0 Å². The van der Waals surface area contributed by atoms with Crippen molar-refractivity contribution in [1.82, 2.24) is 10.6 Å². The van der Waals surface area contributed by atoms with E-state index in [0.717, 1.165) is 30.9 Å². The maximum Gasteiger partial charge on any atom is 0.250 e. The van der Waals surface area contributed by atoms with Crippen LogP contribution in [-0.4, -0.2) is 38.3 Å². The third kappa shape index (κ3) is 4.51. The molecule has 1 aromatic carbocycles. The Morgan fingerprint density at radius 1 is 1.45 bits per heavy atom. The highest BCUT2D eigenvalue weighted by Gasteiger charge is 2.20. The lowest BCUT2D eigenvalue weighted by Crippen LogP contribution is -2.47. The van der Waals surface area contributed by atoms with Crippen LogP contribution in [0, 0.1) is 0 Å². The second kappa shape index (κ2) is 7.87. The van der Waals surface area contributed by atoms with Crippen LogP contribution in [0.25, 0.3) is 0 Å². The summed E-state index contributed by atoms with van der Waals surface area (Å²) in [6.07, 6.45) is 0.615. The SMILES string of the molecule is CCCOc1ccc(CNC(=O)C2CNCCO2)cc1. The van der Waals surface area contributed by atoms with Gasteiger partial charge in [-0.25, -0.2) is 0 Å². The largest absolute Gasteiger partial charge is 0.494 e. The first-order valence-electron chi connectivity index (χ1n) is 7.11. The first kappa shape index (κ1) is 14.8. The number of nitrogens with one attached hydrogen (secondary N) is 2. The zero-order valence-corrected chi connectivity index (χ0v) is 11.9. The Labute approximate surface area is 119 Å². The molecule has 110 valence electrons. The minimum absolute atomic E-state index is 0.0662. The number of amides is 1. The van der Waals surface area contributed by atoms with E-state index in [4.69, 9.17) is 9.47 Å². The molecule has 1 fully saturated rings. The van der Waals surface area contributed by atoms with Gasteiger partial charge >= 0.3 is 0 Å². The summed E-state index contributed by atoms with van der Waals surface area (Å²) in [7, 11) is 0. The highest BCUT2D eigenvalue weighted by atomic mass is 16.5. The van der Waals surface area contributed by atoms with E-state index in [9.17, 15) is 4.79 Å². The van der Waals surface area contributed by atoms with Crippen molar-refractivity contribution in [2.45, 2.75) is 26.0 Å². The Morgan fingerprint density at radius 3 is 2.90 bits per heavy atom. The maximum atomic E-state index is 11.9. The molecule has 0 aliphatic carbocycles. The number of carbonyl (C=O) groups excluding carboxylic acids is 1. The van der Waals surface area contributed by atoms with E-state index in [-0.39, 0.29) is 12.0 Å². The summed E-state index contributed by atoms with van der Waals surface area (Å²) in [4.78, 5) is 11.9. The lowest BCUT2D eigenvalue weighted by Gasteiger charge is -2.22. The predicted octanol–water partition coefficient (Wildman–Crippen LogP) is 1.08. The number of morpholine rings is 1. The van der Waals surface area contributed by atoms with Crippen molar-refractivity contribution in [3.05, 3.63) is 29.8 Å². The second-order valence-corrected chi connectivity index (χ2v) is 4.77. The molecule has 5 nitrogen and oxygen atoms in total. The van der Waals surface area contributed by atoms with Crippen molar-refractivity contribution >= 4 is 5.91 Å². The summed E-state index contributed by atoms with van der Waals surface area (Å²) in [6, 6.07) is 7.78. The fourth-order valence-corrected chi connectivity index (χ4v) is 1.96. The number of rotatable bonds is 6. The highest BCUT2D eigenvalue weighted by molar-refractivity contribution is 5.81. The van der Waals surface area contributed by atoms with Crippen LogP contribution in [0.1, 0.15) is 18.9 Å². The highest BCUT2D eigenvalue weighted by Crippen LogP contribution is 2.12. The summed E-state index contributed by atoms with van der Waals surface area (Å²) >= 11 is 0. The number of hydrogen-bond donors (Lipinski definition) is 2. The fourth-order valence-electron chi connectivity index (χ4n) is 1.96. The van der Waals surface area contributed by atoms with Gasteiger partial charge in [-0.1, -0.05) is 19.1 Å². The van der Waals surface area contributed by atoms with E-state index in [2.05, 4.69) is 17.6 Å². The molecule has 0 aromatic heterocycles. The summed E-state index contributed by atoms with van der Waals surface area (Å²) in [5, 5.41) is 6.03. The van der Waals surface area contributed by atoms with Crippen molar-refractivity contribution < 1.29 is 14.3 Å². The molecular formula is C15H22N2O3. The zero-order chi connectivity index (χ0) is 14.2. The molecule has 2 N–H and O–H groups in total. The van der Waals surface area contributed by atoms with E-state index in [1.807, 2.05) is 24.3 Å². The lowest BCUT2D eigenvalue weighted by molar-refractivity contribution is -0.134. The Hall–Kier alpha value is -1.59. The van der Waals surface area contributed by atoms with Gasteiger partial charge in [0, 0.05) is 19.6 Å². The molecule has 1 atom stereocenters. The predicted molar refractivity (Wildman–Crippen MR) is 76.7 cm³/mol. The van der Waals surface area contributed by atoms with E-state index in [0.29, 0.717) is 19.7 Å². The molecule has 0 radical (unpaired) electrons. The van der Waals surface area contributed by atoms with Crippen molar-refractivity contribution in [2.24, 2.45) is 0 Å². The third-order valence-corrected chi connectivity index (χ3v) is 3.08. The first-order valence-corrected chi connectivity index (χ1v) is 7.11. The lowest BCUT2D eigenvalue weighted by atomic mass is 10.2. The average molecular weight is 278 g/mol. The molecule has 1 amide bonds. The quantitative estimate of drug-likeness (QED) is 0.817. The van der Waals surface area contributed by atoms with Gasteiger partial charge in [0.15, 0.2) is 0 Å². The topological polar surface area (TPSA) is 59.6 Å². The van der Waals surface area contributed by atoms with Gasteiger partial charge in [-0.2, -0.15) is 0 Å². The normalized spacial score (nSPS) is 18.6. The summed E-state index contributed by atoms with van der Waals surface area (Å²) < 4.78 is 10.9. The average Bonchev–Trinajstić information content (AvgIpc) is 2.52. The molecule has 0 spiro atoms. The van der Waals surface area contributed by atoms with Crippen LogP contribution in [0.5, 0.6) is 5.75 Å². The smallest absolute Gasteiger partial charge is 0.250 e. The maximum absolute atomic E-state index is 11.9. The minimum atomic E-state index is -0.379. The Bertz CT molecular complexity index is 414. The number of carbonyl (C=O) groups is 1. The van der Waals surface area contributed by atoms with E-state index < -0.39 is 0 Å². The molecule has 1 saturated heterocycles. The Balaban J connectivity index is 1.76. The molecule has 20 heavy (non-hydrogen) atoms. The Kier molecular flexibility index (Phi) is 5.83. The van der Waals surface area contributed by atoms with Crippen LogP contribution in [-0.2, 0) is 16.1 Å². The number of ether oxygens (including phenoxy) is 2. The standard InChI is InChI=1S/C15H22N2O3/c1-2-8-19-13-5-3-12(4-6-13)10-17-15(18)14-11-16-7-9-20-14/h3-6,14,16H,2,7-11H2,1H3,(H,17,18). The molecule has 0 saturated carbocycles. The molecule has 1 aliphatic heterocycles. The molecule has 1 aromatic rings. The summed E-state index contributed by atoms with van der Waals surface area (Å²) in [5.41, 5.74) is 1.05. The van der Waals surface area contributed by atoms with Crippen molar-refractivity contribution in [2.75, 3.05) is 26.3 Å². The van der Waals surface area contributed by atoms with Crippen LogP contribution in [0.4, 0.5) is 0 Å². The van der Waals surface area contributed by atoms with Gasteiger partial charge in [0.05, 0.1) is 13.2 Å². The molecule has 1 unspecified atom stereocenters. The van der Waals surface area contributed by atoms with Crippen LogP contribution in [0.2, 0.25) is 0 Å². The summed E-state index contributed by atoms with van der Waals surface area (Å²) in [5.74, 6) is 0.797. The molecule has 1 aliphatic rings. The van der Waals surface area contributed by atoms with Crippen LogP contribution in [0.15, 0.2) is 24.3 Å². The van der Waals surface area contributed by atoms with Gasteiger partial charge in [0.25, 0.3) is 5.91 Å². The van der Waals surface area contributed by atoms with E-state index in [1.54, 1.807) is 0 Å². The molecular weight excluding hydrogens is 256 g/mol. The number of hydrogen-bond acceptors (Lipinski definition) is 4. The van der Waals surface area contributed by atoms with Gasteiger partial charge in [-0.15, -0.1) is 0 Å². The third-order valence-electron chi connectivity index (χ3n) is 3.08. The van der Waals surface area contributed by atoms with Gasteiger partial charge < -0.3 is 20.1 Å². The Morgan fingerprint density at radius 2 is 2.25 bits per heavy atom. The molecule has 0 bridgehead atoms. The van der Waals surface area contributed by atoms with Gasteiger partial charge in [-0.05, 0) is 24.1 Å². The van der Waals surface area contributed by atoms with Gasteiger partial charge in [0.2, 0.25) is 0 Å². The molecule has 1 heterocycles. The second-order valence-electron chi connectivity index (χ2n) is 4.77. The van der Waals surface area contributed by atoms with Crippen molar-refractivity contribution in [3.63, 3.8) is 0 Å². The fraction of sp³-hybridized carbons (Fsp3) is 0.533. The monoisotopic (exact) mass is 278 g/mol. The van der Waals surface area contributed by atoms with Gasteiger partial charge in [0.1, 0.15) is 11.9 Å². The number of benzene rings is 1. The van der Waals surface area contributed by atoms with E-state index >= 15 is 0 Å². The molecule has 2 rings (SSSR count). The van der Waals surface area contributed by atoms with Crippen molar-refractivity contribution in [3.8, 4) is 5.75 Å². The first-order chi connectivity index (χ1) is 9.79. The molecule has 5 heteroatoms. The van der Waals surface area contributed by atoms with Gasteiger partial charge in [-0.3, -0.25) is 4.79 Å². The summed E-state index contributed by atoms with van der Waals surface area (Å²) in [6.45, 7) is 5.28. The zero-order valence-electron chi connectivity index (χ0n) is 11.9. The van der Waals surface area contributed by atoms with Crippen LogP contribution < -0.4 is 15.4 Å².